The Hall–Kier alpha value is -2.81. The number of ether oxygens (including phenoxy) is 2. The number of unbranched alkanes of at least 4 members (excludes halogenated alkanes) is 46. The van der Waals surface area contributed by atoms with Crippen LogP contribution in [0.5, 0.6) is 0 Å². The summed E-state index contributed by atoms with van der Waals surface area (Å²) in [5.74, 6) is -0.783. The highest BCUT2D eigenvalue weighted by atomic mass is 31.2. The predicted octanol–water partition coefficient (Wildman–Crippen LogP) is 26.5. The third-order valence-electron chi connectivity index (χ3n) is 17.7. The molecule has 0 spiro atoms. The summed E-state index contributed by atoms with van der Waals surface area (Å²) in [6, 6.07) is 0. The average Bonchev–Trinajstić information content (AvgIpc) is 2.44. The molecule has 0 aromatic heterocycles. The van der Waals surface area contributed by atoms with Crippen molar-refractivity contribution < 1.29 is 42.1 Å². The van der Waals surface area contributed by atoms with Crippen molar-refractivity contribution >= 4 is 19.8 Å². The van der Waals surface area contributed by atoms with Gasteiger partial charge in [-0.2, -0.15) is 0 Å². The van der Waals surface area contributed by atoms with E-state index in [4.69, 9.17) is 18.5 Å². The number of allylic oxidation sites excluding steroid dienone is 14. The van der Waals surface area contributed by atoms with Gasteiger partial charge in [-0.3, -0.25) is 18.6 Å². The fraction of sp³-hybridized carbons (Fsp3) is 0.807. The molecular weight excluding hydrogens is 1170 g/mol. The molecule has 0 fully saturated rings. The highest BCUT2D eigenvalue weighted by Crippen LogP contribution is 2.43. The van der Waals surface area contributed by atoms with Crippen molar-refractivity contribution in [2.24, 2.45) is 0 Å². The topological polar surface area (TPSA) is 108 Å². The van der Waals surface area contributed by atoms with Crippen LogP contribution in [-0.4, -0.2) is 74.9 Å². The lowest BCUT2D eigenvalue weighted by Gasteiger charge is -2.24. The molecule has 2 unspecified atom stereocenters. The molecule has 0 amide bonds. The van der Waals surface area contributed by atoms with Crippen molar-refractivity contribution in [2.45, 2.75) is 386 Å². The maximum atomic E-state index is 12.9. The van der Waals surface area contributed by atoms with E-state index in [0.717, 1.165) is 83.5 Å². The van der Waals surface area contributed by atoms with Gasteiger partial charge in [0, 0.05) is 12.8 Å². The molecule has 0 saturated carbocycles. The number of hydrogen-bond donors (Lipinski definition) is 1. The number of phosphoric ester groups is 1. The molecule has 542 valence electrons. The van der Waals surface area contributed by atoms with Crippen molar-refractivity contribution in [3.8, 4) is 0 Å². The molecule has 93 heavy (non-hydrogen) atoms. The molecule has 0 aliphatic carbocycles. The van der Waals surface area contributed by atoms with Crippen LogP contribution in [-0.2, 0) is 32.7 Å². The van der Waals surface area contributed by atoms with Crippen LogP contribution in [0.15, 0.2) is 85.1 Å². The summed E-state index contributed by atoms with van der Waals surface area (Å²) in [5.41, 5.74) is 0. The number of hydrogen-bond acceptors (Lipinski definition) is 7. The highest BCUT2D eigenvalue weighted by molar-refractivity contribution is 7.47. The largest absolute Gasteiger partial charge is 0.472 e. The summed E-state index contributed by atoms with van der Waals surface area (Å²) in [5, 5.41) is 0. The first kappa shape index (κ1) is 90.2. The van der Waals surface area contributed by atoms with Crippen molar-refractivity contribution in [3.63, 3.8) is 0 Å². The maximum absolute atomic E-state index is 12.9. The molecule has 0 aromatic rings. The van der Waals surface area contributed by atoms with Gasteiger partial charge < -0.3 is 18.9 Å². The van der Waals surface area contributed by atoms with Crippen LogP contribution in [0.4, 0.5) is 0 Å². The minimum Gasteiger partial charge on any atom is -0.462 e. The van der Waals surface area contributed by atoms with Gasteiger partial charge in [0.05, 0.1) is 27.7 Å². The molecule has 1 N–H and O–H groups in total. The smallest absolute Gasteiger partial charge is 0.462 e. The maximum Gasteiger partial charge on any atom is 0.472 e. The average molecular weight is 1320 g/mol. The summed E-state index contributed by atoms with van der Waals surface area (Å²) in [7, 11) is 1.49. The first-order valence-corrected chi connectivity index (χ1v) is 41.3. The van der Waals surface area contributed by atoms with Crippen LogP contribution in [0.25, 0.3) is 0 Å². The minimum absolute atomic E-state index is 0.0310. The van der Waals surface area contributed by atoms with Crippen molar-refractivity contribution in [2.75, 3.05) is 47.5 Å². The van der Waals surface area contributed by atoms with Crippen LogP contribution < -0.4 is 0 Å². The zero-order chi connectivity index (χ0) is 67.6. The molecule has 0 rings (SSSR count). The lowest BCUT2D eigenvalue weighted by Crippen LogP contribution is -2.37. The third-order valence-corrected chi connectivity index (χ3v) is 18.7. The number of rotatable bonds is 74. The summed E-state index contributed by atoms with van der Waals surface area (Å²) >= 11 is 0. The van der Waals surface area contributed by atoms with E-state index in [-0.39, 0.29) is 25.6 Å². The molecule has 0 saturated heterocycles. The van der Waals surface area contributed by atoms with Gasteiger partial charge in [-0.1, -0.05) is 381 Å². The van der Waals surface area contributed by atoms with E-state index in [2.05, 4.69) is 98.9 Å². The number of carbonyl (C=O) groups excluding carboxylic acids is 2. The van der Waals surface area contributed by atoms with Gasteiger partial charge >= 0.3 is 19.8 Å². The van der Waals surface area contributed by atoms with Crippen molar-refractivity contribution in [3.05, 3.63) is 85.1 Å². The first-order chi connectivity index (χ1) is 45.5. The minimum atomic E-state index is -4.40. The molecule has 9 nitrogen and oxygen atoms in total. The van der Waals surface area contributed by atoms with Crippen LogP contribution >= 0.6 is 7.82 Å². The highest BCUT2D eigenvalue weighted by Gasteiger charge is 2.27. The molecule has 10 heteroatoms. The third kappa shape index (κ3) is 78.1. The van der Waals surface area contributed by atoms with Gasteiger partial charge in [0.1, 0.15) is 19.8 Å². The molecule has 0 heterocycles. The summed E-state index contributed by atoms with van der Waals surface area (Å²) in [6.45, 7) is 4.38. The molecule has 0 radical (unpaired) electrons. The lowest BCUT2D eigenvalue weighted by molar-refractivity contribution is -0.870. The van der Waals surface area contributed by atoms with Gasteiger partial charge in [-0.05, 0) is 70.6 Å². The zero-order valence-electron chi connectivity index (χ0n) is 62.0. The number of esters is 2. The van der Waals surface area contributed by atoms with Gasteiger partial charge in [-0.15, -0.1) is 0 Å². The fourth-order valence-electron chi connectivity index (χ4n) is 11.6. The monoisotopic (exact) mass is 1320 g/mol. The lowest BCUT2D eigenvalue weighted by atomic mass is 10.0. The Labute approximate surface area is 577 Å². The number of phosphoric acid groups is 1. The van der Waals surface area contributed by atoms with E-state index in [0.29, 0.717) is 23.9 Å². The normalized spacial score (nSPS) is 13.5. The summed E-state index contributed by atoms with van der Waals surface area (Å²) in [4.78, 5) is 36.0. The zero-order valence-corrected chi connectivity index (χ0v) is 62.9. The molecular formula is C83H153NO8P+. The van der Waals surface area contributed by atoms with E-state index >= 15 is 0 Å². The van der Waals surface area contributed by atoms with E-state index < -0.39 is 26.5 Å². The Balaban J connectivity index is 3.96. The Kier molecular flexibility index (Phi) is 71.2. The number of quaternary nitrogens is 1. The van der Waals surface area contributed by atoms with Crippen LogP contribution in [0.3, 0.4) is 0 Å². The molecule has 0 bridgehead atoms. The quantitative estimate of drug-likeness (QED) is 0.0211. The van der Waals surface area contributed by atoms with Gasteiger partial charge in [0.25, 0.3) is 0 Å². The number of likely N-dealkylation sites (N-methyl/N-ethyl adjacent to an activating group) is 1. The van der Waals surface area contributed by atoms with E-state index in [1.807, 2.05) is 21.1 Å². The Morgan fingerprint density at radius 1 is 0.344 bits per heavy atom. The van der Waals surface area contributed by atoms with E-state index in [1.54, 1.807) is 0 Å². The Morgan fingerprint density at radius 3 is 0.914 bits per heavy atom. The van der Waals surface area contributed by atoms with Crippen LogP contribution in [0.1, 0.15) is 380 Å². The van der Waals surface area contributed by atoms with Gasteiger partial charge in [0.2, 0.25) is 0 Å². The van der Waals surface area contributed by atoms with Crippen LogP contribution in [0.2, 0.25) is 0 Å². The van der Waals surface area contributed by atoms with Gasteiger partial charge in [0.15, 0.2) is 6.10 Å². The summed E-state index contributed by atoms with van der Waals surface area (Å²) in [6.07, 6.45) is 102. The second kappa shape index (κ2) is 73.4. The standard InChI is InChI=1S/C83H152NO8P/c1-6-8-10-12-14-16-18-20-22-24-26-28-30-32-34-36-38-40-42-44-46-48-50-52-54-56-58-60-62-64-66-68-70-72-74-76-83(86)92-81(80-91-93(87,88)90-78-77-84(3,4)5)79-89-82(85)75-73-71-69-67-65-63-61-59-57-55-53-51-49-47-45-43-41-39-37-35-33-31-29-27-25-23-21-19-17-15-13-11-9-7-2/h8,10,14,16,20,22,26,28,32,34,38,40,44,46,81H,6-7,9,11-13,15,17-19,21,23-25,27,29-31,33,35-37,39,41-43,45,47-80H2,1-5H3/p+1/b10-8-,16-14-,22-20-,28-26-,34-32-,40-38-,46-44-. The molecule has 0 aromatic carbocycles. The number of carbonyl (C=O) groups is 2. The summed E-state index contributed by atoms with van der Waals surface area (Å²) < 4.78 is 34.8. The second-order valence-electron chi connectivity index (χ2n) is 28.1. The van der Waals surface area contributed by atoms with E-state index in [9.17, 15) is 19.0 Å². The molecule has 0 aliphatic rings. The Morgan fingerprint density at radius 2 is 0.613 bits per heavy atom. The first-order valence-electron chi connectivity index (χ1n) is 39.8. The van der Waals surface area contributed by atoms with Crippen molar-refractivity contribution in [1.82, 2.24) is 0 Å². The van der Waals surface area contributed by atoms with Crippen molar-refractivity contribution in [1.29, 1.82) is 0 Å². The second-order valence-corrected chi connectivity index (χ2v) is 29.5. The molecule has 0 aliphatic heterocycles. The predicted molar refractivity (Wildman–Crippen MR) is 404 cm³/mol. The van der Waals surface area contributed by atoms with Gasteiger partial charge in [-0.25, -0.2) is 4.57 Å². The van der Waals surface area contributed by atoms with Crippen LogP contribution in [0, 0.1) is 0 Å². The van der Waals surface area contributed by atoms with E-state index in [1.165, 1.54) is 263 Å². The SMILES string of the molecule is CC/C=C\C/C=C\C/C=C\C/C=C\C/C=C\C/C=C\C/C=C\CCCCCCCCCCCCCCCC(=O)OC(COC(=O)CCCCCCCCCCCCCCCCCCCCCCCCCCCCCCCCCCCC)COP(=O)(O)OCC[N+](C)(C)C. The fourth-order valence-corrected chi connectivity index (χ4v) is 12.4. The molecule has 2 atom stereocenters. The number of nitrogens with zero attached hydrogens (tertiary/aromatic N) is 1. The Bertz CT molecular complexity index is 1850.